The second kappa shape index (κ2) is 8.03. The SMILES string of the molecule is [C-]#[N+]c1ccc(-c2c(C(=O)OC)c(C)n(Cc3ccc(C(F)(F)F)nc3)c2C)cc1. The molecule has 3 aromatic rings. The van der Waals surface area contributed by atoms with Crippen molar-refractivity contribution in [3.63, 3.8) is 0 Å². The van der Waals surface area contributed by atoms with Gasteiger partial charge >= 0.3 is 12.1 Å². The van der Waals surface area contributed by atoms with Crippen LogP contribution in [0.4, 0.5) is 18.9 Å². The van der Waals surface area contributed by atoms with E-state index in [1.807, 2.05) is 11.5 Å². The third kappa shape index (κ3) is 3.92. The average Bonchev–Trinajstić information content (AvgIpc) is 2.97. The van der Waals surface area contributed by atoms with Crippen LogP contribution in [-0.2, 0) is 17.5 Å². The van der Waals surface area contributed by atoms with Gasteiger partial charge in [-0.1, -0.05) is 30.3 Å². The number of alkyl halides is 3. The number of esters is 1. The maximum absolute atomic E-state index is 12.8. The molecule has 30 heavy (non-hydrogen) atoms. The van der Waals surface area contributed by atoms with Gasteiger partial charge in [-0.05, 0) is 31.0 Å². The van der Waals surface area contributed by atoms with Crippen molar-refractivity contribution in [2.75, 3.05) is 7.11 Å². The molecule has 8 heteroatoms. The Morgan fingerprint density at radius 1 is 1.13 bits per heavy atom. The number of benzene rings is 1. The number of carbonyl (C=O) groups excluding carboxylic acids is 1. The first-order chi connectivity index (χ1) is 14.2. The molecule has 0 amide bonds. The summed E-state index contributed by atoms with van der Waals surface area (Å²) in [5.74, 6) is -0.510. The van der Waals surface area contributed by atoms with Gasteiger partial charge in [-0.3, -0.25) is 4.98 Å². The van der Waals surface area contributed by atoms with Crippen molar-refractivity contribution in [1.82, 2.24) is 9.55 Å². The van der Waals surface area contributed by atoms with Crippen molar-refractivity contribution in [3.05, 3.63) is 82.2 Å². The molecule has 0 aliphatic rings. The molecule has 0 aliphatic carbocycles. The normalized spacial score (nSPS) is 11.2. The van der Waals surface area contributed by atoms with E-state index in [-0.39, 0.29) is 6.54 Å². The molecule has 154 valence electrons. The Morgan fingerprint density at radius 2 is 1.80 bits per heavy atom. The minimum atomic E-state index is -4.50. The monoisotopic (exact) mass is 413 g/mol. The molecule has 0 saturated carbocycles. The molecule has 5 nitrogen and oxygen atoms in total. The molecule has 0 N–H and O–H groups in total. The highest BCUT2D eigenvalue weighted by Gasteiger charge is 2.32. The van der Waals surface area contributed by atoms with Crippen LogP contribution in [0.1, 0.15) is 33.0 Å². The van der Waals surface area contributed by atoms with Crippen LogP contribution in [0.5, 0.6) is 0 Å². The first-order valence-corrected chi connectivity index (χ1v) is 8.95. The molecule has 1 aromatic carbocycles. The van der Waals surface area contributed by atoms with Crippen LogP contribution in [0, 0.1) is 20.4 Å². The van der Waals surface area contributed by atoms with Crippen LogP contribution >= 0.6 is 0 Å². The molecule has 0 radical (unpaired) electrons. The van der Waals surface area contributed by atoms with Gasteiger partial charge in [-0.15, -0.1) is 0 Å². The lowest BCUT2D eigenvalue weighted by atomic mass is 10.0. The Balaban J connectivity index is 2.08. The molecule has 2 aromatic heterocycles. The summed E-state index contributed by atoms with van der Waals surface area (Å²) in [6.07, 6.45) is -3.32. The van der Waals surface area contributed by atoms with E-state index in [9.17, 15) is 18.0 Å². The van der Waals surface area contributed by atoms with Crippen molar-refractivity contribution in [3.8, 4) is 11.1 Å². The summed E-state index contributed by atoms with van der Waals surface area (Å²) in [4.78, 5) is 19.4. The zero-order chi connectivity index (χ0) is 22.1. The third-order valence-electron chi connectivity index (χ3n) is 4.91. The van der Waals surface area contributed by atoms with Crippen molar-refractivity contribution in [2.45, 2.75) is 26.6 Å². The fraction of sp³-hybridized carbons (Fsp3) is 0.227. The Hall–Kier alpha value is -3.60. The summed E-state index contributed by atoms with van der Waals surface area (Å²) >= 11 is 0. The summed E-state index contributed by atoms with van der Waals surface area (Å²) in [6.45, 7) is 10.9. The number of nitrogens with zero attached hydrogens (tertiary/aromatic N) is 3. The van der Waals surface area contributed by atoms with Gasteiger partial charge in [0.1, 0.15) is 5.69 Å². The molecule has 0 saturated heterocycles. The van der Waals surface area contributed by atoms with Gasteiger partial charge in [0.05, 0.1) is 19.2 Å². The van der Waals surface area contributed by atoms with Gasteiger partial charge in [0.25, 0.3) is 0 Å². The van der Waals surface area contributed by atoms with E-state index in [4.69, 9.17) is 11.3 Å². The van der Waals surface area contributed by atoms with Crippen LogP contribution in [0.15, 0.2) is 42.6 Å². The highest BCUT2D eigenvalue weighted by molar-refractivity contribution is 5.99. The molecule has 3 rings (SSSR count). The van der Waals surface area contributed by atoms with Gasteiger partial charge in [-0.25, -0.2) is 9.64 Å². The minimum Gasteiger partial charge on any atom is -0.465 e. The number of aromatic nitrogens is 2. The molecule has 2 heterocycles. The molecule has 0 atom stereocenters. The standard InChI is InChI=1S/C22H18F3N3O2/c1-13-19(16-6-8-17(26-3)9-7-16)20(21(29)30-4)14(2)28(13)12-15-5-10-18(27-11-15)22(23,24)25/h5-11H,12H2,1-2,4H3. The van der Waals surface area contributed by atoms with E-state index in [0.29, 0.717) is 28.1 Å². The first kappa shape index (κ1) is 21.1. The number of halogens is 3. The predicted molar refractivity (Wildman–Crippen MR) is 105 cm³/mol. The summed E-state index contributed by atoms with van der Waals surface area (Å²) in [6, 6.07) is 9.15. The Labute approximate surface area is 171 Å². The number of hydrogen-bond donors (Lipinski definition) is 0. The van der Waals surface area contributed by atoms with Crippen molar-refractivity contribution >= 4 is 11.7 Å². The van der Waals surface area contributed by atoms with Crippen LogP contribution in [-0.4, -0.2) is 22.6 Å². The summed E-state index contributed by atoms with van der Waals surface area (Å²) in [5, 5.41) is 0. The Bertz CT molecular complexity index is 1120. The van der Waals surface area contributed by atoms with Crippen LogP contribution in [0.3, 0.4) is 0 Å². The number of ether oxygens (including phenoxy) is 1. The van der Waals surface area contributed by atoms with Crippen molar-refractivity contribution in [2.24, 2.45) is 0 Å². The number of methoxy groups -OCH3 is 1. The van der Waals surface area contributed by atoms with Gasteiger partial charge in [0.2, 0.25) is 0 Å². The maximum Gasteiger partial charge on any atom is 0.433 e. The lowest BCUT2D eigenvalue weighted by molar-refractivity contribution is -0.141. The number of pyridine rings is 1. The van der Waals surface area contributed by atoms with E-state index in [0.717, 1.165) is 17.3 Å². The summed E-state index contributed by atoms with van der Waals surface area (Å²) < 4.78 is 45.1. The van der Waals surface area contributed by atoms with E-state index in [1.54, 1.807) is 31.2 Å². The summed E-state index contributed by atoms with van der Waals surface area (Å²) in [7, 11) is 1.29. The van der Waals surface area contributed by atoms with Crippen molar-refractivity contribution < 1.29 is 22.7 Å². The van der Waals surface area contributed by atoms with E-state index in [2.05, 4.69) is 9.83 Å². The largest absolute Gasteiger partial charge is 0.465 e. The average molecular weight is 413 g/mol. The first-order valence-electron chi connectivity index (χ1n) is 8.95. The topological polar surface area (TPSA) is 48.5 Å². The fourth-order valence-corrected chi connectivity index (χ4v) is 3.40. The molecule has 0 spiro atoms. The molecular weight excluding hydrogens is 395 g/mol. The highest BCUT2D eigenvalue weighted by Crippen LogP contribution is 2.34. The summed E-state index contributed by atoms with van der Waals surface area (Å²) in [5.41, 5.74) is 3.25. The lowest BCUT2D eigenvalue weighted by Crippen LogP contribution is -2.10. The maximum atomic E-state index is 12.8. The van der Waals surface area contributed by atoms with E-state index in [1.165, 1.54) is 19.4 Å². The zero-order valence-electron chi connectivity index (χ0n) is 16.5. The van der Waals surface area contributed by atoms with Gasteiger partial charge in [0.15, 0.2) is 5.69 Å². The number of rotatable bonds is 4. The van der Waals surface area contributed by atoms with E-state index >= 15 is 0 Å². The Morgan fingerprint density at radius 3 is 2.30 bits per heavy atom. The molecule has 0 fully saturated rings. The number of carbonyl (C=O) groups is 1. The predicted octanol–water partition coefficient (Wildman–Crippen LogP) is 5.57. The van der Waals surface area contributed by atoms with Gasteiger partial charge in [-0.2, -0.15) is 13.2 Å². The molecule has 0 bridgehead atoms. The van der Waals surface area contributed by atoms with Crippen molar-refractivity contribution in [1.29, 1.82) is 0 Å². The third-order valence-corrected chi connectivity index (χ3v) is 4.91. The minimum absolute atomic E-state index is 0.243. The second-order valence-corrected chi connectivity index (χ2v) is 6.71. The van der Waals surface area contributed by atoms with E-state index < -0.39 is 17.8 Å². The number of hydrogen-bond acceptors (Lipinski definition) is 3. The zero-order valence-corrected chi connectivity index (χ0v) is 16.5. The lowest BCUT2D eigenvalue weighted by Gasteiger charge is -2.11. The quantitative estimate of drug-likeness (QED) is 0.415. The van der Waals surface area contributed by atoms with Crippen LogP contribution in [0.25, 0.3) is 16.0 Å². The van der Waals surface area contributed by atoms with Crippen LogP contribution in [0.2, 0.25) is 0 Å². The van der Waals surface area contributed by atoms with Gasteiger partial charge < -0.3 is 9.30 Å². The van der Waals surface area contributed by atoms with Gasteiger partial charge in [0, 0.05) is 29.7 Å². The Kier molecular flexibility index (Phi) is 5.65. The molecule has 0 aliphatic heterocycles. The highest BCUT2D eigenvalue weighted by atomic mass is 19.4. The van der Waals surface area contributed by atoms with Crippen LogP contribution < -0.4 is 0 Å². The molecule has 0 unspecified atom stereocenters. The second-order valence-electron chi connectivity index (χ2n) is 6.71. The smallest absolute Gasteiger partial charge is 0.433 e. The fourth-order valence-electron chi connectivity index (χ4n) is 3.40. The molecular formula is C22H18F3N3O2.